The van der Waals surface area contributed by atoms with E-state index < -0.39 is 0 Å². The monoisotopic (exact) mass is 374 g/mol. The van der Waals surface area contributed by atoms with Crippen molar-refractivity contribution < 1.29 is 9.21 Å². The van der Waals surface area contributed by atoms with Gasteiger partial charge in [0.1, 0.15) is 11.6 Å². The Bertz CT molecular complexity index is 988. The first kappa shape index (κ1) is 18.2. The van der Waals surface area contributed by atoms with E-state index in [1.165, 1.54) is 0 Å². The summed E-state index contributed by atoms with van der Waals surface area (Å²) in [6.45, 7) is 2.49. The summed E-state index contributed by atoms with van der Waals surface area (Å²) in [5.74, 6) is 0.966. The number of nitrogens with one attached hydrogen (secondary N) is 1. The zero-order valence-corrected chi connectivity index (χ0v) is 15.6. The highest BCUT2D eigenvalue weighted by molar-refractivity contribution is 5.92. The van der Waals surface area contributed by atoms with Crippen molar-refractivity contribution >= 4 is 22.7 Å². The van der Waals surface area contributed by atoms with Crippen LogP contribution in [0.25, 0.3) is 11.1 Å². The number of oxazole rings is 1. The van der Waals surface area contributed by atoms with E-state index in [4.69, 9.17) is 9.68 Å². The van der Waals surface area contributed by atoms with Crippen LogP contribution in [0.15, 0.2) is 52.9 Å². The number of amides is 1. The fourth-order valence-electron chi connectivity index (χ4n) is 3.69. The molecule has 28 heavy (non-hydrogen) atoms. The van der Waals surface area contributed by atoms with Gasteiger partial charge in [0.25, 0.3) is 0 Å². The van der Waals surface area contributed by atoms with Crippen LogP contribution in [0.1, 0.15) is 36.6 Å². The number of nitrogens with zero attached hydrogens (tertiary/aromatic N) is 3. The van der Waals surface area contributed by atoms with Crippen LogP contribution in [0, 0.1) is 11.3 Å². The Morgan fingerprint density at radius 1 is 1.25 bits per heavy atom. The predicted molar refractivity (Wildman–Crippen MR) is 107 cm³/mol. The summed E-state index contributed by atoms with van der Waals surface area (Å²) >= 11 is 0. The van der Waals surface area contributed by atoms with Gasteiger partial charge in [0, 0.05) is 25.4 Å². The lowest BCUT2D eigenvalue weighted by Gasteiger charge is -2.30. The molecule has 2 aromatic carbocycles. The number of fused-ring (bicyclic) bond motifs is 1. The molecule has 0 aliphatic carbocycles. The number of hydrogen-bond donors (Lipinski definition) is 1. The van der Waals surface area contributed by atoms with Gasteiger partial charge >= 0.3 is 0 Å². The molecule has 1 aromatic heterocycles. The Labute approximate surface area is 163 Å². The molecule has 1 amide bonds. The van der Waals surface area contributed by atoms with E-state index in [0.29, 0.717) is 24.2 Å². The fourth-order valence-corrected chi connectivity index (χ4v) is 3.69. The zero-order chi connectivity index (χ0) is 19.3. The summed E-state index contributed by atoms with van der Waals surface area (Å²) in [6.07, 6.45) is 2.49. The largest absolute Gasteiger partial charge is 0.440 e. The van der Waals surface area contributed by atoms with Crippen LogP contribution in [0.5, 0.6) is 0 Å². The number of likely N-dealkylation sites (tertiary alicyclic amines) is 1. The van der Waals surface area contributed by atoms with Crippen LogP contribution in [0.4, 0.5) is 5.69 Å². The van der Waals surface area contributed by atoms with Gasteiger partial charge in [-0.1, -0.05) is 24.3 Å². The summed E-state index contributed by atoms with van der Waals surface area (Å²) < 4.78 is 5.94. The Kier molecular flexibility index (Phi) is 5.36. The number of piperidine rings is 1. The van der Waals surface area contributed by atoms with Crippen molar-refractivity contribution in [3.05, 3.63) is 60.0 Å². The SMILES string of the molecule is N#Cc1ccccc1NC(=O)CCN1CCC[C@H](c2nc3ccccc3o2)C1. The van der Waals surface area contributed by atoms with Crippen LogP contribution in [0.3, 0.4) is 0 Å². The molecule has 1 saturated heterocycles. The summed E-state index contributed by atoms with van der Waals surface area (Å²) in [5, 5.41) is 12.0. The molecule has 1 aliphatic rings. The number of nitriles is 1. The molecule has 1 N–H and O–H groups in total. The predicted octanol–water partition coefficient (Wildman–Crippen LogP) is 3.91. The molecular weight excluding hydrogens is 352 g/mol. The first-order valence-electron chi connectivity index (χ1n) is 9.60. The van der Waals surface area contributed by atoms with Gasteiger partial charge in [0.2, 0.25) is 5.91 Å². The molecule has 4 rings (SSSR count). The van der Waals surface area contributed by atoms with Gasteiger partial charge in [-0.05, 0) is 43.7 Å². The van der Waals surface area contributed by atoms with E-state index in [-0.39, 0.29) is 11.8 Å². The molecule has 0 bridgehead atoms. The van der Waals surface area contributed by atoms with Crippen molar-refractivity contribution in [2.75, 3.05) is 25.0 Å². The van der Waals surface area contributed by atoms with Crippen LogP contribution in [-0.4, -0.2) is 35.4 Å². The fraction of sp³-hybridized carbons (Fsp3) is 0.318. The third-order valence-electron chi connectivity index (χ3n) is 5.14. The van der Waals surface area contributed by atoms with Crippen molar-refractivity contribution in [1.29, 1.82) is 5.26 Å². The number of carbonyl (C=O) groups is 1. The number of para-hydroxylation sites is 3. The topological polar surface area (TPSA) is 82.2 Å². The first-order chi connectivity index (χ1) is 13.7. The molecule has 0 saturated carbocycles. The van der Waals surface area contributed by atoms with E-state index >= 15 is 0 Å². The minimum absolute atomic E-state index is 0.0771. The summed E-state index contributed by atoms with van der Waals surface area (Å²) in [7, 11) is 0. The maximum absolute atomic E-state index is 12.3. The molecule has 0 spiro atoms. The molecule has 1 aliphatic heterocycles. The minimum atomic E-state index is -0.0771. The number of carbonyl (C=O) groups excluding carboxylic acids is 1. The van der Waals surface area contributed by atoms with Crippen LogP contribution >= 0.6 is 0 Å². The smallest absolute Gasteiger partial charge is 0.225 e. The summed E-state index contributed by atoms with van der Waals surface area (Å²) in [4.78, 5) is 19.2. The number of aromatic nitrogens is 1. The minimum Gasteiger partial charge on any atom is -0.440 e. The summed E-state index contributed by atoms with van der Waals surface area (Å²) in [5.41, 5.74) is 2.76. The number of rotatable bonds is 5. The van der Waals surface area contributed by atoms with Gasteiger partial charge in [-0.25, -0.2) is 4.98 Å². The Hall–Kier alpha value is -3.17. The number of anilines is 1. The molecule has 6 nitrogen and oxygen atoms in total. The zero-order valence-electron chi connectivity index (χ0n) is 15.6. The maximum atomic E-state index is 12.3. The average molecular weight is 374 g/mol. The van der Waals surface area contributed by atoms with Gasteiger partial charge in [0.15, 0.2) is 11.5 Å². The lowest BCUT2D eigenvalue weighted by molar-refractivity contribution is -0.116. The Morgan fingerprint density at radius 2 is 2.07 bits per heavy atom. The van der Waals surface area contributed by atoms with Crippen LogP contribution < -0.4 is 5.32 Å². The van der Waals surface area contributed by atoms with E-state index in [0.717, 1.165) is 42.9 Å². The quantitative estimate of drug-likeness (QED) is 0.732. The van der Waals surface area contributed by atoms with Crippen LogP contribution in [0.2, 0.25) is 0 Å². The van der Waals surface area contributed by atoms with Crippen molar-refractivity contribution in [3.63, 3.8) is 0 Å². The van der Waals surface area contributed by atoms with Gasteiger partial charge in [-0.3, -0.25) is 4.79 Å². The molecule has 3 aromatic rings. The lowest BCUT2D eigenvalue weighted by Crippen LogP contribution is -2.36. The second-order valence-corrected chi connectivity index (χ2v) is 7.12. The third kappa shape index (κ3) is 4.05. The highest BCUT2D eigenvalue weighted by atomic mass is 16.3. The Balaban J connectivity index is 1.34. The lowest BCUT2D eigenvalue weighted by atomic mass is 9.98. The van der Waals surface area contributed by atoms with Gasteiger partial charge in [0.05, 0.1) is 11.3 Å². The maximum Gasteiger partial charge on any atom is 0.225 e. The molecule has 2 heterocycles. The highest BCUT2D eigenvalue weighted by Gasteiger charge is 2.25. The van der Waals surface area contributed by atoms with Gasteiger partial charge in [-0.2, -0.15) is 5.26 Å². The van der Waals surface area contributed by atoms with Crippen molar-refractivity contribution in [3.8, 4) is 6.07 Å². The van der Waals surface area contributed by atoms with E-state index in [1.54, 1.807) is 18.2 Å². The second kappa shape index (κ2) is 8.24. The van der Waals surface area contributed by atoms with Gasteiger partial charge in [-0.15, -0.1) is 0 Å². The van der Waals surface area contributed by atoms with Crippen LogP contribution in [-0.2, 0) is 4.79 Å². The van der Waals surface area contributed by atoms with Crippen molar-refractivity contribution in [1.82, 2.24) is 9.88 Å². The summed E-state index contributed by atoms with van der Waals surface area (Å²) in [6, 6.07) is 17.0. The second-order valence-electron chi connectivity index (χ2n) is 7.12. The first-order valence-corrected chi connectivity index (χ1v) is 9.60. The average Bonchev–Trinajstić information content (AvgIpc) is 3.17. The molecule has 1 atom stereocenters. The van der Waals surface area contributed by atoms with Gasteiger partial charge < -0.3 is 14.6 Å². The number of benzene rings is 2. The van der Waals surface area contributed by atoms with Crippen molar-refractivity contribution in [2.24, 2.45) is 0 Å². The van der Waals surface area contributed by atoms with Crippen molar-refractivity contribution in [2.45, 2.75) is 25.2 Å². The van der Waals surface area contributed by atoms with E-state index in [2.05, 4.69) is 21.3 Å². The highest BCUT2D eigenvalue weighted by Crippen LogP contribution is 2.29. The third-order valence-corrected chi connectivity index (χ3v) is 5.14. The molecule has 6 heteroatoms. The Morgan fingerprint density at radius 3 is 2.93 bits per heavy atom. The molecule has 0 unspecified atom stereocenters. The standard InChI is InChI=1S/C22H22N4O2/c23-14-16-6-1-2-8-18(16)24-21(27)11-13-26-12-5-7-17(15-26)22-25-19-9-3-4-10-20(19)28-22/h1-4,6,8-10,17H,5,7,11-13,15H2,(H,24,27)/t17-/m0/s1. The molecular formula is C22H22N4O2. The van der Waals surface area contributed by atoms with E-state index in [1.807, 2.05) is 30.3 Å². The normalized spacial score (nSPS) is 17.3. The van der Waals surface area contributed by atoms with E-state index in [9.17, 15) is 4.79 Å². The number of hydrogen-bond acceptors (Lipinski definition) is 5. The molecule has 1 fully saturated rings. The molecule has 142 valence electrons. The molecule has 0 radical (unpaired) electrons.